The van der Waals surface area contributed by atoms with E-state index in [1.807, 2.05) is 0 Å². The molecular formula is C14H18BrF3O. The molecule has 0 saturated heterocycles. The lowest BCUT2D eigenvalue weighted by molar-refractivity contribution is -0.139. The molecule has 1 aromatic carbocycles. The van der Waals surface area contributed by atoms with E-state index in [-0.39, 0.29) is 5.75 Å². The summed E-state index contributed by atoms with van der Waals surface area (Å²) in [6.07, 6.45) is -2.68. The van der Waals surface area contributed by atoms with E-state index in [0.29, 0.717) is 23.4 Å². The fourth-order valence-electron chi connectivity index (χ4n) is 1.68. The summed E-state index contributed by atoms with van der Waals surface area (Å²) in [6, 6.07) is 4.17. The van der Waals surface area contributed by atoms with Crippen molar-refractivity contribution in [2.24, 2.45) is 5.92 Å². The van der Waals surface area contributed by atoms with Crippen molar-refractivity contribution < 1.29 is 17.9 Å². The van der Waals surface area contributed by atoms with Gasteiger partial charge in [0.25, 0.3) is 0 Å². The van der Waals surface area contributed by atoms with Crippen LogP contribution >= 0.6 is 15.9 Å². The molecule has 0 aliphatic rings. The SMILES string of the molecule is CC(C)CCCOc1ccc(CBr)cc1C(F)(F)F. The molecule has 0 unspecified atom stereocenters. The Kier molecular flexibility index (Phi) is 6.17. The van der Waals surface area contributed by atoms with Crippen molar-refractivity contribution in [2.75, 3.05) is 6.61 Å². The zero-order valence-corrected chi connectivity index (χ0v) is 12.6. The van der Waals surface area contributed by atoms with Crippen LogP contribution in [-0.4, -0.2) is 6.61 Å². The van der Waals surface area contributed by atoms with Gasteiger partial charge in [-0.3, -0.25) is 0 Å². The number of halogens is 4. The number of benzene rings is 1. The lowest BCUT2D eigenvalue weighted by Crippen LogP contribution is -2.10. The smallest absolute Gasteiger partial charge is 0.419 e. The van der Waals surface area contributed by atoms with E-state index in [4.69, 9.17) is 4.74 Å². The zero-order valence-electron chi connectivity index (χ0n) is 11.1. The Labute approximate surface area is 120 Å². The highest BCUT2D eigenvalue weighted by Crippen LogP contribution is 2.37. The van der Waals surface area contributed by atoms with E-state index in [0.717, 1.165) is 18.9 Å². The molecule has 0 heterocycles. The predicted molar refractivity (Wildman–Crippen MR) is 73.6 cm³/mol. The van der Waals surface area contributed by atoms with E-state index in [1.165, 1.54) is 6.07 Å². The van der Waals surface area contributed by atoms with Crippen molar-refractivity contribution in [3.05, 3.63) is 29.3 Å². The third-order valence-corrected chi connectivity index (χ3v) is 3.33. The second kappa shape index (κ2) is 7.17. The van der Waals surface area contributed by atoms with Gasteiger partial charge in [0.05, 0.1) is 12.2 Å². The molecule has 1 rings (SSSR count). The molecule has 108 valence electrons. The molecule has 0 fully saturated rings. The fraction of sp³-hybridized carbons (Fsp3) is 0.571. The van der Waals surface area contributed by atoms with Crippen molar-refractivity contribution in [1.82, 2.24) is 0 Å². The molecule has 0 aromatic heterocycles. The highest BCUT2D eigenvalue weighted by molar-refractivity contribution is 9.08. The van der Waals surface area contributed by atoms with Crippen LogP contribution in [0.3, 0.4) is 0 Å². The van der Waals surface area contributed by atoms with Crippen LogP contribution in [0.1, 0.15) is 37.8 Å². The minimum absolute atomic E-state index is 0.0824. The van der Waals surface area contributed by atoms with Crippen molar-refractivity contribution in [3.8, 4) is 5.75 Å². The van der Waals surface area contributed by atoms with Crippen LogP contribution in [0.4, 0.5) is 13.2 Å². The summed E-state index contributed by atoms with van der Waals surface area (Å²) in [6.45, 7) is 4.47. The molecule has 0 atom stereocenters. The molecule has 1 nitrogen and oxygen atoms in total. The Balaban J connectivity index is 2.76. The summed E-state index contributed by atoms with van der Waals surface area (Å²) in [4.78, 5) is 0. The molecule has 0 amide bonds. The predicted octanol–water partition coefficient (Wildman–Crippen LogP) is 5.42. The first-order valence-electron chi connectivity index (χ1n) is 6.23. The van der Waals surface area contributed by atoms with Crippen LogP contribution in [0.2, 0.25) is 0 Å². The van der Waals surface area contributed by atoms with Crippen LogP contribution < -0.4 is 4.74 Å². The van der Waals surface area contributed by atoms with Crippen molar-refractivity contribution >= 4 is 15.9 Å². The topological polar surface area (TPSA) is 9.23 Å². The molecule has 0 bridgehead atoms. The Morgan fingerprint density at radius 3 is 2.47 bits per heavy atom. The summed E-state index contributed by atoms with van der Waals surface area (Å²) in [5.41, 5.74) is -0.115. The highest BCUT2D eigenvalue weighted by atomic mass is 79.9. The summed E-state index contributed by atoms with van der Waals surface area (Å²) in [5.74, 6) is 0.447. The number of hydrogen-bond donors (Lipinski definition) is 0. The summed E-state index contributed by atoms with van der Waals surface area (Å²) >= 11 is 3.15. The Morgan fingerprint density at radius 2 is 1.95 bits per heavy atom. The lowest BCUT2D eigenvalue weighted by atomic mass is 10.1. The summed E-state index contributed by atoms with van der Waals surface area (Å²) in [7, 11) is 0. The van der Waals surface area contributed by atoms with Crippen molar-refractivity contribution in [1.29, 1.82) is 0 Å². The summed E-state index contributed by atoms with van der Waals surface area (Å²) < 4.78 is 44.0. The minimum atomic E-state index is -4.38. The normalized spacial score (nSPS) is 11.9. The zero-order chi connectivity index (χ0) is 14.5. The van der Waals surface area contributed by atoms with Gasteiger partial charge in [0.2, 0.25) is 0 Å². The summed E-state index contributed by atoms with van der Waals surface area (Å²) in [5, 5.41) is 0.393. The molecule has 1 aromatic rings. The van der Waals surface area contributed by atoms with Gasteiger partial charge in [-0.25, -0.2) is 0 Å². The third kappa shape index (κ3) is 5.43. The molecule has 0 radical (unpaired) electrons. The van der Waals surface area contributed by atoms with Crippen LogP contribution in [0.5, 0.6) is 5.75 Å². The standard InChI is InChI=1S/C14H18BrF3O/c1-10(2)4-3-7-19-13-6-5-11(9-15)8-12(13)14(16,17)18/h5-6,8,10H,3-4,7,9H2,1-2H3. The highest BCUT2D eigenvalue weighted by Gasteiger charge is 2.34. The Hall–Kier alpha value is -0.710. The Morgan fingerprint density at radius 1 is 1.26 bits per heavy atom. The van der Waals surface area contributed by atoms with Gasteiger partial charge >= 0.3 is 6.18 Å². The molecule has 19 heavy (non-hydrogen) atoms. The van der Waals surface area contributed by atoms with Gasteiger partial charge < -0.3 is 4.74 Å². The van der Waals surface area contributed by atoms with Gasteiger partial charge in [0.15, 0.2) is 0 Å². The number of rotatable bonds is 6. The molecular weight excluding hydrogens is 321 g/mol. The number of alkyl halides is 4. The third-order valence-electron chi connectivity index (χ3n) is 2.69. The van der Waals surface area contributed by atoms with Gasteiger partial charge in [-0.1, -0.05) is 35.8 Å². The second-order valence-electron chi connectivity index (χ2n) is 4.85. The van der Waals surface area contributed by atoms with E-state index < -0.39 is 11.7 Å². The van der Waals surface area contributed by atoms with Crippen LogP contribution in [-0.2, 0) is 11.5 Å². The quantitative estimate of drug-likeness (QED) is 0.497. The van der Waals surface area contributed by atoms with Crippen LogP contribution in [0.15, 0.2) is 18.2 Å². The Bertz CT molecular complexity index is 402. The van der Waals surface area contributed by atoms with Crippen LogP contribution in [0, 0.1) is 5.92 Å². The van der Waals surface area contributed by atoms with Crippen molar-refractivity contribution in [2.45, 2.75) is 38.2 Å². The maximum Gasteiger partial charge on any atom is 0.419 e. The first kappa shape index (κ1) is 16.3. The molecule has 0 N–H and O–H groups in total. The monoisotopic (exact) mass is 338 g/mol. The molecule has 0 spiro atoms. The fourth-order valence-corrected chi connectivity index (χ4v) is 2.03. The van der Waals surface area contributed by atoms with Gasteiger partial charge in [0.1, 0.15) is 5.75 Å². The first-order valence-corrected chi connectivity index (χ1v) is 7.35. The van der Waals surface area contributed by atoms with Gasteiger partial charge in [0, 0.05) is 5.33 Å². The molecule has 0 saturated carbocycles. The lowest BCUT2D eigenvalue weighted by Gasteiger charge is -2.15. The second-order valence-corrected chi connectivity index (χ2v) is 5.41. The average molecular weight is 339 g/mol. The molecule has 5 heteroatoms. The maximum absolute atomic E-state index is 12.9. The van der Waals surface area contributed by atoms with Gasteiger partial charge in [-0.15, -0.1) is 0 Å². The largest absolute Gasteiger partial charge is 0.493 e. The first-order chi connectivity index (χ1) is 8.84. The number of hydrogen-bond acceptors (Lipinski definition) is 1. The van der Waals surface area contributed by atoms with Crippen molar-refractivity contribution in [3.63, 3.8) is 0 Å². The van der Waals surface area contributed by atoms with Gasteiger partial charge in [-0.2, -0.15) is 13.2 Å². The van der Waals surface area contributed by atoms with Gasteiger partial charge in [-0.05, 0) is 36.5 Å². The van der Waals surface area contributed by atoms with E-state index in [2.05, 4.69) is 29.8 Å². The molecule has 0 aliphatic carbocycles. The van der Waals surface area contributed by atoms with E-state index in [1.54, 1.807) is 6.07 Å². The minimum Gasteiger partial charge on any atom is -0.493 e. The van der Waals surface area contributed by atoms with Crippen LogP contribution in [0.25, 0.3) is 0 Å². The molecule has 0 aliphatic heterocycles. The maximum atomic E-state index is 12.9. The number of ether oxygens (including phenoxy) is 1. The van der Waals surface area contributed by atoms with E-state index >= 15 is 0 Å². The van der Waals surface area contributed by atoms with E-state index in [9.17, 15) is 13.2 Å². The average Bonchev–Trinajstić information content (AvgIpc) is 2.33.